The van der Waals surface area contributed by atoms with Crippen LogP contribution in [0.1, 0.15) is 10.5 Å². The Bertz CT molecular complexity index is 663. The fourth-order valence-corrected chi connectivity index (χ4v) is 1.69. The van der Waals surface area contributed by atoms with Crippen molar-refractivity contribution in [3.8, 4) is 11.4 Å². The molecule has 0 amide bonds. The van der Waals surface area contributed by atoms with Crippen LogP contribution >= 0.6 is 0 Å². The molecule has 0 saturated heterocycles. The molecular weight excluding hydrogens is 295 g/mol. The summed E-state index contributed by atoms with van der Waals surface area (Å²) in [6.45, 7) is -0.968. The second kappa shape index (κ2) is 5.16. The molecule has 0 aliphatic heterocycles. The highest BCUT2D eigenvalue weighted by molar-refractivity contribution is 5.92. The Kier molecular flexibility index (Phi) is 3.68. The number of hydrogen-bond donors (Lipinski definition) is 2. The van der Waals surface area contributed by atoms with Crippen molar-refractivity contribution >= 4 is 5.97 Å². The zero-order valence-electron chi connectivity index (χ0n) is 10.6. The van der Waals surface area contributed by atoms with Gasteiger partial charge in [0.2, 0.25) is 0 Å². The zero-order valence-corrected chi connectivity index (χ0v) is 10.6. The first-order valence-electron chi connectivity index (χ1n) is 5.60. The predicted molar refractivity (Wildman–Crippen MR) is 61.2 cm³/mol. The lowest BCUT2D eigenvalue weighted by Crippen LogP contribution is -2.33. The van der Waals surface area contributed by atoms with E-state index in [0.717, 1.165) is 0 Å². The van der Waals surface area contributed by atoms with Crippen molar-refractivity contribution < 1.29 is 28.2 Å². The van der Waals surface area contributed by atoms with Gasteiger partial charge in [-0.1, -0.05) is 5.21 Å². The summed E-state index contributed by atoms with van der Waals surface area (Å²) in [4.78, 5) is 14.9. The molecule has 1 atom stereocenters. The molecule has 114 valence electrons. The number of carbonyl (C=O) groups is 1. The summed E-state index contributed by atoms with van der Waals surface area (Å²) in [7, 11) is 1.53. The summed E-state index contributed by atoms with van der Waals surface area (Å²) in [5.74, 6) is -1.45. The van der Waals surface area contributed by atoms with Crippen molar-refractivity contribution in [2.24, 2.45) is 7.05 Å². The van der Waals surface area contributed by atoms with Crippen LogP contribution in [0.2, 0.25) is 0 Å². The normalized spacial score (nSPS) is 13.4. The number of aromatic carboxylic acids is 1. The Morgan fingerprint density at radius 3 is 2.62 bits per heavy atom. The fourth-order valence-electron chi connectivity index (χ4n) is 1.69. The van der Waals surface area contributed by atoms with Crippen LogP contribution in [0.3, 0.4) is 0 Å². The molecule has 0 saturated carbocycles. The number of imidazole rings is 1. The summed E-state index contributed by atoms with van der Waals surface area (Å²) < 4.78 is 39.3. The summed E-state index contributed by atoms with van der Waals surface area (Å²) >= 11 is 0. The zero-order chi connectivity index (χ0) is 15.8. The highest BCUT2D eigenvalue weighted by Gasteiger charge is 2.39. The number of alkyl halides is 3. The van der Waals surface area contributed by atoms with E-state index >= 15 is 0 Å². The minimum atomic E-state index is -4.85. The Hall–Kier alpha value is -2.43. The van der Waals surface area contributed by atoms with Crippen molar-refractivity contribution in [1.29, 1.82) is 0 Å². The van der Waals surface area contributed by atoms with Gasteiger partial charge in [0.1, 0.15) is 5.69 Å². The van der Waals surface area contributed by atoms with Gasteiger partial charge in [-0.3, -0.25) is 0 Å². The van der Waals surface area contributed by atoms with Gasteiger partial charge in [-0.25, -0.2) is 14.5 Å². The molecule has 0 spiro atoms. The van der Waals surface area contributed by atoms with Crippen molar-refractivity contribution in [1.82, 2.24) is 24.5 Å². The van der Waals surface area contributed by atoms with Crippen LogP contribution in [0.5, 0.6) is 0 Å². The standard InChI is InChI=1S/C10H10F3N5O3/c1-17-4-14-2-5(17)8-7(9(20)21)15-16-18(8)3-6(19)10(11,12)13/h2,4,6,19H,3H2,1H3,(H,20,21). The summed E-state index contributed by atoms with van der Waals surface area (Å²) in [6.07, 6.45) is -4.92. The molecule has 1 unspecified atom stereocenters. The third kappa shape index (κ3) is 2.86. The minimum Gasteiger partial charge on any atom is -0.476 e. The van der Waals surface area contributed by atoms with E-state index in [1.165, 1.54) is 24.1 Å². The summed E-state index contributed by atoms with van der Waals surface area (Å²) in [5, 5.41) is 24.8. The van der Waals surface area contributed by atoms with Crippen LogP contribution in [0.15, 0.2) is 12.5 Å². The van der Waals surface area contributed by atoms with Crippen LogP contribution in [0.4, 0.5) is 13.2 Å². The monoisotopic (exact) mass is 305 g/mol. The highest BCUT2D eigenvalue weighted by atomic mass is 19.4. The molecule has 2 aromatic rings. The Labute approximate surface area is 115 Å². The van der Waals surface area contributed by atoms with E-state index in [4.69, 9.17) is 10.2 Å². The molecule has 0 aliphatic carbocycles. The fraction of sp³-hybridized carbons (Fsp3) is 0.400. The number of halogens is 3. The van der Waals surface area contributed by atoms with Gasteiger partial charge in [0.25, 0.3) is 0 Å². The van der Waals surface area contributed by atoms with Crippen LogP contribution in [-0.2, 0) is 13.6 Å². The van der Waals surface area contributed by atoms with Crippen LogP contribution < -0.4 is 0 Å². The van der Waals surface area contributed by atoms with E-state index in [2.05, 4.69) is 15.3 Å². The number of rotatable bonds is 4. The Morgan fingerprint density at radius 1 is 1.48 bits per heavy atom. The molecule has 0 radical (unpaired) electrons. The van der Waals surface area contributed by atoms with Gasteiger partial charge in [-0.15, -0.1) is 5.10 Å². The molecule has 0 aliphatic rings. The first kappa shape index (κ1) is 15.0. The maximum absolute atomic E-state index is 12.4. The van der Waals surface area contributed by atoms with E-state index < -0.39 is 30.5 Å². The van der Waals surface area contributed by atoms with Gasteiger partial charge >= 0.3 is 12.1 Å². The van der Waals surface area contributed by atoms with Crippen molar-refractivity contribution in [2.45, 2.75) is 18.8 Å². The molecule has 21 heavy (non-hydrogen) atoms. The van der Waals surface area contributed by atoms with Gasteiger partial charge in [0.05, 0.1) is 24.8 Å². The van der Waals surface area contributed by atoms with Crippen molar-refractivity contribution in [3.05, 3.63) is 18.2 Å². The van der Waals surface area contributed by atoms with Crippen LogP contribution in [0, 0.1) is 0 Å². The Balaban J connectivity index is 2.49. The number of carboxylic acid groups (broad SMARTS) is 1. The van der Waals surface area contributed by atoms with E-state index in [9.17, 15) is 18.0 Å². The molecule has 11 heteroatoms. The lowest BCUT2D eigenvalue weighted by Gasteiger charge is -2.15. The lowest BCUT2D eigenvalue weighted by atomic mass is 10.2. The number of aliphatic hydroxyl groups excluding tert-OH is 1. The molecule has 8 nitrogen and oxygen atoms in total. The number of carboxylic acids is 1. The molecule has 2 N–H and O–H groups in total. The largest absolute Gasteiger partial charge is 0.476 e. The van der Waals surface area contributed by atoms with Gasteiger partial charge in [0, 0.05) is 7.05 Å². The third-order valence-corrected chi connectivity index (χ3v) is 2.72. The van der Waals surface area contributed by atoms with Gasteiger partial charge < -0.3 is 14.8 Å². The third-order valence-electron chi connectivity index (χ3n) is 2.72. The molecule has 0 aromatic carbocycles. The number of nitrogens with zero attached hydrogens (tertiary/aromatic N) is 5. The second-order valence-corrected chi connectivity index (χ2v) is 4.22. The molecule has 2 aromatic heterocycles. The Morgan fingerprint density at radius 2 is 2.14 bits per heavy atom. The molecular formula is C10H10F3N5O3. The topological polar surface area (TPSA) is 106 Å². The van der Waals surface area contributed by atoms with E-state index in [1.807, 2.05) is 0 Å². The number of hydrogen-bond acceptors (Lipinski definition) is 5. The summed E-state index contributed by atoms with van der Waals surface area (Å²) in [5.41, 5.74) is -0.467. The van der Waals surface area contributed by atoms with E-state index in [0.29, 0.717) is 4.68 Å². The number of aryl methyl sites for hydroxylation is 1. The van der Waals surface area contributed by atoms with Crippen LogP contribution in [0.25, 0.3) is 11.4 Å². The smallest absolute Gasteiger partial charge is 0.416 e. The van der Waals surface area contributed by atoms with Crippen molar-refractivity contribution in [2.75, 3.05) is 0 Å². The van der Waals surface area contributed by atoms with Gasteiger partial charge in [-0.2, -0.15) is 13.2 Å². The maximum atomic E-state index is 12.4. The van der Waals surface area contributed by atoms with Crippen molar-refractivity contribution in [3.63, 3.8) is 0 Å². The van der Waals surface area contributed by atoms with Gasteiger partial charge in [-0.05, 0) is 0 Å². The molecule has 0 fully saturated rings. The first-order valence-corrected chi connectivity index (χ1v) is 5.60. The average Bonchev–Trinajstić information content (AvgIpc) is 2.93. The lowest BCUT2D eigenvalue weighted by molar-refractivity contribution is -0.207. The first-order chi connectivity index (χ1) is 9.71. The molecule has 2 rings (SSSR count). The minimum absolute atomic E-state index is 0.161. The summed E-state index contributed by atoms with van der Waals surface area (Å²) in [6, 6.07) is 0. The van der Waals surface area contributed by atoms with Gasteiger partial charge in [0.15, 0.2) is 11.8 Å². The molecule has 2 heterocycles. The number of aromatic nitrogens is 5. The highest BCUT2D eigenvalue weighted by Crippen LogP contribution is 2.25. The SMILES string of the molecule is Cn1cncc1-c1c(C(=O)O)nnn1CC(O)C(F)(F)F. The predicted octanol–water partition coefficient (Wildman–Crippen LogP) is 0.300. The average molecular weight is 305 g/mol. The van der Waals surface area contributed by atoms with E-state index in [1.54, 1.807) is 0 Å². The van der Waals surface area contributed by atoms with E-state index in [-0.39, 0.29) is 11.4 Å². The van der Waals surface area contributed by atoms with Crippen LogP contribution in [-0.4, -0.2) is 53.0 Å². The maximum Gasteiger partial charge on any atom is 0.416 e. The second-order valence-electron chi connectivity index (χ2n) is 4.22. The quantitative estimate of drug-likeness (QED) is 0.841. The molecule has 0 bridgehead atoms. The number of aliphatic hydroxyl groups is 1.